The minimum Gasteiger partial charge on any atom is -0.375 e. The maximum absolute atomic E-state index is 5.85. The van der Waals surface area contributed by atoms with E-state index in [4.69, 9.17) is 16.3 Å². The number of ether oxygens (including phenoxy) is 1. The van der Waals surface area contributed by atoms with E-state index >= 15 is 0 Å². The van der Waals surface area contributed by atoms with Gasteiger partial charge in [0.15, 0.2) is 0 Å². The molecule has 1 rings (SSSR count). The average Bonchev–Trinajstić information content (AvgIpc) is 2.35. The van der Waals surface area contributed by atoms with Gasteiger partial charge in [-0.2, -0.15) is 0 Å². The molecule has 1 heterocycles. The maximum atomic E-state index is 5.85. The normalized spacial score (nSPS) is 32.2. The Labute approximate surface area is 80.4 Å². The highest BCUT2D eigenvalue weighted by Crippen LogP contribution is 2.23. The summed E-state index contributed by atoms with van der Waals surface area (Å²) in [6.07, 6.45) is 7.02. The third-order valence-electron chi connectivity index (χ3n) is 2.45. The summed E-state index contributed by atoms with van der Waals surface area (Å²) in [6, 6.07) is 0. The van der Waals surface area contributed by atoms with Crippen molar-refractivity contribution in [2.24, 2.45) is 0 Å². The Kier molecular flexibility index (Phi) is 4.38. The average molecular weight is 191 g/mol. The summed E-state index contributed by atoms with van der Waals surface area (Å²) in [6.45, 7) is 4.21. The number of halogens is 1. The van der Waals surface area contributed by atoms with Crippen molar-refractivity contribution in [3.8, 4) is 0 Å². The molecule has 0 aliphatic carbocycles. The Hall–Kier alpha value is 0.250. The van der Waals surface area contributed by atoms with Crippen LogP contribution in [0.5, 0.6) is 0 Å². The zero-order chi connectivity index (χ0) is 8.97. The lowest BCUT2D eigenvalue weighted by molar-refractivity contribution is 0.0496. The van der Waals surface area contributed by atoms with Gasteiger partial charge in [-0.1, -0.05) is 0 Å². The van der Waals surface area contributed by atoms with E-state index in [1.165, 1.54) is 25.7 Å². The van der Waals surface area contributed by atoms with Crippen LogP contribution in [0, 0.1) is 0 Å². The van der Waals surface area contributed by atoms with Gasteiger partial charge in [0.1, 0.15) is 0 Å². The lowest BCUT2D eigenvalue weighted by Crippen LogP contribution is -2.08. The van der Waals surface area contributed by atoms with E-state index in [-0.39, 0.29) is 0 Å². The van der Waals surface area contributed by atoms with Gasteiger partial charge in [-0.05, 0) is 46.0 Å². The van der Waals surface area contributed by atoms with Crippen LogP contribution in [0.4, 0.5) is 0 Å². The van der Waals surface area contributed by atoms with Gasteiger partial charge in [-0.15, -0.1) is 11.6 Å². The number of alkyl halides is 1. The molecule has 0 bridgehead atoms. The molecule has 0 radical (unpaired) electrons. The summed E-state index contributed by atoms with van der Waals surface area (Å²) in [5.41, 5.74) is 0. The molecule has 0 amide bonds. The second-order valence-electron chi connectivity index (χ2n) is 3.86. The largest absolute Gasteiger partial charge is 0.375 e. The smallest absolute Gasteiger partial charge is 0.0579 e. The van der Waals surface area contributed by atoms with Crippen molar-refractivity contribution in [2.45, 2.75) is 63.5 Å². The zero-order valence-electron chi connectivity index (χ0n) is 8.05. The van der Waals surface area contributed by atoms with Crippen LogP contribution in [0.3, 0.4) is 0 Å². The standard InChI is InChI=1S/C10H19ClO/c1-8(11)4-3-5-10-7-6-9(2)12-10/h8-10H,3-7H2,1-2H3. The second-order valence-corrected chi connectivity index (χ2v) is 4.60. The molecule has 0 aromatic heterocycles. The molecule has 0 aromatic carbocycles. The van der Waals surface area contributed by atoms with Crippen LogP contribution in [0.25, 0.3) is 0 Å². The van der Waals surface area contributed by atoms with E-state index in [9.17, 15) is 0 Å². The van der Waals surface area contributed by atoms with Gasteiger partial charge in [0, 0.05) is 5.38 Å². The van der Waals surface area contributed by atoms with Gasteiger partial charge in [0.2, 0.25) is 0 Å². The minimum atomic E-state index is 0.323. The van der Waals surface area contributed by atoms with Gasteiger partial charge in [0.25, 0.3) is 0 Å². The molecule has 0 aromatic rings. The van der Waals surface area contributed by atoms with E-state index in [1.807, 2.05) is 0 Å². The second kappa shape index (κ2) is 5.08. The Morgan fingerprint density at radius 1 is 1.50 bits per heavy atom. The molecule has 3 atom stereocenters. The first kappa shape index (κ1) is 10.3. The molecule has 3 unspecified atom stereocenters. The molecule has 1 saturated heterocycles. The van der Waals surface area contributed by atoms with Gasteiger partial charge < -0.3 is 4.74 Å². The van der Waals surface area contributed by atoms with Gasteiger partial charge in [0.05, 0.1) is 12.2 Å². The predicted octanol–water partition coefficient (Wildman–Crippen LogP) is 3.35. The molecule has 0 N–H and O–H groups in total. The van der Waals surface area contributed by atoms with E-state index in [1.54, 1.807) is 0 Å². The fourth-order valence-corrected chi connectivity index (χ4v) is 1.88. The highest BCUT2D eigenvalue weighted by Gasteiger charge is 2.20. The number of rotatable bonds is 4. The summed E-state index contributed by atoms with van der Waals surface area (Å²) in [4.78, 5) is 0. The maximum Gasteiger partial charge on any atom is 0.0579 e. The van der Waals surface area contributed by atoms with Gasteiger partial charge >= 0.3 is 0 Å². The van der Waals surface area contributed by atoms with Crippen molar-refractivity contribution in [3.63, 3.8) is 0 Å². The molecule has 1 nitrogen and oxygen atoms in total. The SMILES string of the molecule is CC(Cl)CCCC1CCC(C)O1. The van der Waals surface area contributed by atoms with Crippen molar-refractivity contribution < 1.29 is 4.74 Å². The fraction of sp³-hybridized carbons (Fsp3) is 1.00. The topological polar surface area (TPSA) is 9.23 Å². The Morgan fingerprint density at radius 3 is 2.75 bits per heavy atom. The van der Waals surface area contributed by atoms with Crippen molar-refractivity contribution in [2.75, 3.05) is 0 Å². The first-order valence-corrected chi connectivity index (χ1v) is 5.41. The molecule has 1 fully saturated rings. The van der Waals surface area contributed by atoms with Crippen molar-refractivity contribution in [1.29, 1.82) is 0 Å². The van der Waals surface area contributed by atoms with Crippen molar-refractivity contribution >= 4 is 11.6 Å². The van der Waals surface area contributed by atoms with Crippen LogP contribution >= 0.6 is 11.6 Å². The predicted molar refractivity (Wildman–Crippen MR) is 52.7 cm³/mol. The van der Waals surface area contributed by atoms with Crippen LogP contribution in [0.15, 0.2) is 0 Å². The van der Waals surface area contributed by atoms with E-state index < -0.39 is 0 Å². The summed E-state index contributed by atoms with van der Waals surface area (Å²) in [5.74, 6) is 0. The number of hydrogen-bond acceptors (Lipinski definition) is 1. The quantitative estimate of drug-likeness (QED) is 0.618. The van der Waals surface area contributed by atoms with E-state index in [0.29, 0.717) is 17.6 Å². The van der Waals surface area contributed by atoms with E-state index in [0.717, 1.165) is 6.42 Å². The van der Waals surface area contributed by atoms with Crippen LogP contribution in [0.1, 0.15) is 46.0 Å². The fourth-order valence-electron chi connectivity index (χ4n) is 1.72. The molecule has 1 aliphatic rings. The zero-order valence-corrected chi connectivity index (χ0v) is 8.81. The summed E-state index contributed by atoms with van der Waals surface area (Å²) in [5, 5.41) is 0.323. The Bertz CT molecular complexity index is 125. The van der Waals surface area contributed by atoms with Gasteiger partial charge in [-0.3, -0.25) is 0 Å². The monoisotopic (exact) mass is 190 g/mol. The summed E-state index contributed by atoms with van der Waals surface area (Å²) >= 11 is 5.85. The van der Waals surface area contributed by atoms with Crippen LogP contribution < -0.4 is 0 Å². The van der Waals surface area contributed by atoms with Crippen LogP contribution in [0.2, 0.25) is 0 Å². The molecule has 12 heavy (non-hydrogen) atoms. The molecule has 1 aliphatic heterocycles. The first-order valence-electron chi connectivity index (χ1n) is 4.98. The highest BCUT2D eigenvalue weighted by molar-refractivity contribution is 6.20. The third kappa shape index (κ3) is 3.77. The molecule has 72 valence electrons. The summed E-state index contributed by atoms with van der Waals surface area (Å²) in [7, 11) is 0. The third-order valence-corrected chi connectivity index (χ3v) is 2.67. The van der Waals surface area contributed by atoms with Crippen molar-refractivity contribution in [3.05, 3.63) is 0 Å². The van der Waals surface area contributed by atoms with Crippen molar-refractivity contribution in [1.82, 2.24) is 0 Å². The number of hydrogen-bond donors (Lipinski definition) is 0. The Balaban J connectivity index is 2.00. The Morgan fingerprint density at radius 2 is 2.25 bits per heavy atom. The van der Waals surface area contributed by atoms with Crippen LogP contribution in [-0.4, -0.2) is 17.6 Å². The summed E-state index contributed by atoms with van der Waals surface area (Å²) < 4.78 is 5.70. The lowest BCUT2D eigenvalue weighted by atomic mass is 10.1. The molecule has 0 spiro atoms. The van der Waals surface area contributed by atoms with Gasteiger partial charge in [-0.25, -0.2) is 0 Å². The van der Waals surface area contributed by atoms with Crippen LogP contribution in [-0.2, 0) is 4.74 Å². The molecule has 0 saturated carbocycles. The molecular weight excluding hydrogens is 172 g/mol. The first-order chi connectivity index (χ1) is 5.68. The van der Waals surface area contributed by atoms with E-state index in [2.05, 4.69) is 13.8 Å². The molecule has 2 heteroatoms. The lowest BCUT2D eigenvalue weighted by Gasteiger charge is -2.10. The molecular formula is C10H19ClO. The highest BCUT2D eigenvalue weighted by atomic mass is 35.5. The minimum absolute atomic E-state index is 0.323.